The molecule has 0 radical (unpaired) electrons. The molecule has 0 spiro atoms. The normalized spacial score (nSPS) is 12.7. The summed E-state index contributed by atoms with van der Waals surface area (Å²) in [6.07, 6.45) is -0.462. The van der Waals surface area contributed by atoms with Crippen molar-refractivity contribution in [3.05, 3.63) is 54.6 Å². The number of hydrogen-bond acceptors (Lipinski definition) is 2. The molecular formula is C17H16O2. The van der Waals surface area contributed by atoms with Crippen LogP contribution in [0.4, 0.5) is 0 Å². The van der Waals surface area contributed by atoms with Gasteiger partial charge in [-0.1, -0.05) is 36.4 Å². The summed E-state index contributed by atoms with van der Waals surface area (Å²) in [5.74, 6) is 0.823. The Bertz CT molecular complexity index is 717. The van der Waals surface area contributed by atoms with Crippen molar-refractivity contribution >= 4 is 21.5 Å². The summed E-state index contributed by atoms with van der Waals surface area (Å²) in [5, 5.41) is 14.0. The molecule has 1 atom stereocenters. The molecule has 3 aromatic carbocycles. The molecule has 1 unspecified atom stereocenters. The van der Waals surface area contributed by atoms with Crippen LogP contribution in [0.15, 0.2) is 54.6 Å². The summed E-state index contributed by atoms with van der Waals surface area (Å²) < 4.78 is 5.68. The van der Waals surface area contributed by atoms with E-state index in [-0.39, 0.29) is 0 Å². The van der Waals surface area contributed by atoms with Gasteiger partial charge in [-0.2, -0.15) is 0 Å². The minimum absolute atomic E-state index is 0.311. The van der Waals surface area contributed by atoms with Crippen molar-refractivity contribution < 1.29 is 9.84 Å². The second kappa shape index (κ2) is 4.90. The molecule has 1 N–H and O–H groups in total. The van der Waals surface area contributed by atoms with Gasteiger partial charge in [0, 0.05) is 5.39 Å². The van der Waals surface area contributed by atoms with Gasteiger partial charge in [-0.15, -0.1) is 0 Å². The van der Waals surface area contributed by atoms with Crippen LogP contribution in [0.5, 0.6) is 5.75 Å². The summed E-state index contributed by atoms with van der Waals surface area (Å²) in [6.45, 7) is 2.03. The van der Waals surface area contributed by atoms with Crippen LogP contribution in [0.1, 0.15) is 6.92 Å². The van der Waals surface area contributed by atoms with E-state index in [1.165, 1.54) is 10.8 Å². The predicted molar refractivity (Wildman–Crippen MR) is 78.6 cm³/mol. The molecule has 19 heavy (non-hydrogen) atoms. The Labute approximate surface area is 112 Å². The zero-order chi connectivity index (χ0) is 13.2. The zero-order valence-corrected chi connectivity index (χ0v) is 10.8. The van der Waals surface area contributed by atoms with Crippen LogP contribution in [-0.4, -0.2) is 17.8 Å². The largest absolute Gasteiger partial charge is 0.490 e. The van der Waals surface area contributed by atoms with Crippen LogP contribution in [0.25, 0.3) is 21.5 Å². The summed E-state index contributed by atoms with van der Waals surface area (Å²) in [6, 6.07) is 18.6. The van der Waals surface area contributed by atoms with Crippen LogP contribution < -0.4 is 4.74 Å². The molecule has 0 heterocycles. The van der Waals surface area contributed by atoms with Gasteiger partial charge >= 0.3 is 0 Å². The number of hydrogen-bond donors (Lipinski definition) is 1. The van der Waals surface area contributed by atoms with Gasteiger partial charge in [-0.05, 0) is 41.3 Å². The lowest BCUT2D eigenvalue weighted by Gasteiger charge is -2.11. The number of rotatable bonds is 3. The molecule has 0 saturated carbocycles. The standard InChI is InChI=1S/C17H16O2/c1-12(18)11-19-17-8-4-7-15-9-13-5-2-3-6-14(13)10-16(15)17/h2-10,12,18H,11H2,1H3. The molecule has 0 aliphatic rings. The minimum atomic E-state index is -0.462. The molecule has 0 bridgehead atoms. The van der Waals surface area contributed by atoms with E-state index in [1.807, 2.05) is 24.3 Å². The third-order valence-electron chi connectivity index (χ3n) is 3.19. The maximum Gasteiger partial charge on any atom is 0.127 e. The summed E-state index contributed by atoms with van der Waals surface area (Å²) in [7, 11) is 0. The van der Waals surface area contributed by atoms with Gasteiger partial charge in [-0.25, -0.2) is 0 Å². The van der Waals surface area contributed by atoms with Crippen LogP contribution >= 0.6 is 0 Å². The van der Waals surface area contributed by atoms with Crippen LogP contribution in [-0.2, 0) is 0 Å². The van der Waals surface area contributed by atoms with Gasteiger partial charge in [0.15, 0.2) is 0 Å². The SMILES string of the molecule is CC(O)COc1cccc2cc3ccccc3cc12. The highest BCUT2D eigenvalue weighted by molar-refractivity contribution is 6.00. The number of benzene rings is 3. The fourth-order valence-corrected chi connectivity index (χ4v) is 2.27. The highest BCUT2D eigenvalue weighted by atomic mass is 16.5. The van der Waals surface area contributed by atoms with E-state index >= 15 is 0 Å². The lowest BCUT2D eigenvalue weighted by Crippen LogP contribution is -2.12. The van der Waals surface area contributed by atoms with Crippen molar-refractivity contribution in [1.29, 1.82) is 0 Å². The molecule has 0 amide bonds. The summed E-state index contributed by atoms with van der Waals surface area (Å²) in [5.41, 5.74) is 0. The van der Waals surface area contributed by atoms with Gasteiger partial charge in [0.2, 0.25) is 0 Å². The zero-order valence-electron chi connectivity index (χ0n) is 10.8. The summed E-state index contributed by atoms with van der Waals surface area (Å²) in [4.78, 5) is 0. The average molecular weight is 252 g/mol. The smallest absolute Gasteiger partial charge is 0.127 e. The maximum atomic E-state index is 9.33. The molecule has 0 aliphatic carbocycles. The fourth-order valence-electron chi connectivity index (χ4n) is 2.27. The van der Waals surface area contributed by atoms with Crippen molar-refractivity contribution in [2.75, 3.05) is 6.61 Å². The molecule has 0 fully saturated rings. The number of aliphatic hydroxyl groups excluding tert-OH is 1. The first kappa shape index (κ1) is 12.0. The summed E-state index contributed by atoms with van der Waals surface area (Å²) >= 11 is 0. The Morgan fingerprint density at radius 2 is 1.63 bits per heavy atom. The van der Waals surface area contributed by atoms with Crippen molar-refractivity contribution in [3.8, 4) is 5.75 Å². The number of ether oxygens (including phenoxy) is 1. The predicted octanol–water partition coefficient (Wildman–Crippen LogP) is 3.75. The van der Waals surface area contributed by atoms with E-state index in [2.05, 4.69) is 30.3 Å². The Morgan fingerprint density at radius 3 is 2.37 bits per heavy atom. The highest BCUT2D eigenvalue weighted by Crippen LogP contribution is 2.29. The molecular weight excluding hydrogens is 236 g/mol. The third-order valence-corrected chi connectivity index (χ3v) is 3.19. The van der Waals surface area contributed by atoms with Crippen LogP contribution in [0.3, 0.4) is 0 Å². The van der Waals surface area contributed by atoms with Gasteiger partial charge in [0.1, 0.15) is 12.4 Å². The first-order chi connectivity index (χ1) is 9.24. The molecule has 3 rings (SSSR count). The van der Waals surface area contributed by atoms with E-state index in [0.717, 1.165) is 16.5 Å². The minimum Gasteiger partial charge on any atom is -0.490 e. The van der Waals surface area contributed by atoms with Gasteiger partial charge in [0.25, 0.3) is 0 Å². The lowest BCUT2D eigenvalue weighted by molar-refractivity contribution is 0.123. The first-order valence-electron chi connectivity index (χ1n) is 6.46. The molecule has 2 nitrogen and oxygen atoms in total. The van der Waals surface area contributed by atoms with Crippen LogP contribution in [0.2, 0.25) is 0 Å². The van der Waals surface area contributed by atoms with Gasteiger partial charge < -0.3 is 9.84 Å². The van der Waals surface area contributed by atoms with Crippen molar-refractivity contribution in [1.82, 2.24) is 0 Å². The number of fused-ring (bicyclic) bond motifs is 2. The Hall–Kier alpha value is -2.06. The highest BCUT2D eigenvalue weighted by Gasteiger charge is 2.05. The molecule has 0 aliphatic heterocycles. The van der Waals surface area contributed by atoms with Gasteiger partial charge in [-0.3, -0.25) is 0 Å². The maximum absolute atomic E-state index is 9.33. The molecule has 2 heteroatoms. The molecule has 3 aromatic rings. The second-order valence-corrected chi connectivity index (χ2v) is 4.84. The fraction of sp³-hybridized carbons (Fsp3) is 0.176. The van der Waals surface area contributed by atoms with E-state index in [4.69, 9.17) is 4.74 Å². The monoisotopic (exact) mass is 252 g/mol. The van der Waals surface area contributed by atoms with E-state index < -0.39 is 6.10 Å². The van der Waals surface area contributed by atoms with E-state index in [0.29, 0.717) is 6.61 Å². The Balaban J connectivity index is 2.15. The van der Waals surface area contributed by atoms with Gasteiger partial charge in [0.05, 0.1) is 6.10 Å². The Kier molecular flexibility index (Phi) is 3.10. The van der Waals surface area contributed by atoms with Crippen molar-refractivity contribution in [2.24, 2.45) is 0 Å². The van der Waals surface area contributed by atoms with Crippen molar-refractivity contribution in [3.63, 3.8) is 0 Å². The second-order valence-electron chi connectivity index (χ2n) is 4.84. The quantitative estimate of drug-likeness (QED) is 0.719. The van der Waals surface area contributed by atoms with E-state index in [9.17, 15) is 5.11 Å². The third kappa shape index (κ3) is 2.40. The topological polar surface area (TPSA) is 29.5 Å². The lowest BCUT2D eigenvalue weighted by atomic mass is 10.0. The van der Waals surface area contributed by atoms with Crippen LogP contribution in [0, 0.1) is 0 Å². The molecule has 0 saturated heterocycles. The molecule has 96 valence electrons. The number of aliphatic hydroxyl groups is 1. The molecule has 0 aromatic heterocycles. The Morgan fingerprint density at radius 1 is 0.947 bits per heavy atom. The van der Waals surface area contributed by atoms with Crippen molar-refractivity contribution in [2.45, 2.75) is 13.0 Å². The first-order valence-corrected chi connectivity index (χ1v) is 6.46. The van der Waals surface area contributed by atoms with E-state index in [1.54, 1.807) is 6.92 Å². The average Bonchev–Trinajstić information content (AvgIpc) is 2.42.